The molecule has 1 aliphatic heterocycles. The highest BCUT2D eigenvalue weighted by Crippen LogP contribution is 2.32. The highest BCUT2D eigenvalue weighted by atomic mass is 35.5. The molecule has 1 fully saturated rings. The molecule has 0 unspecified atom stereocenters. The fourth-order valence-corrected chi connectivity index (χ4v) is 4.76. The number of carbonyl (C=O) groups excluding carboxylic acids is 1. The normalized spacial score (nSPS) is 15.3. The number of rotatable bonds is 3. The third-order valence-electron chi connectivity index (χ3n) is 5.19. The SMILES string of the molecule is Cc1ccc2nc(N3CCC(C(=O)Nc4cccc(Cl)c4C)CC3)sc2c1. The van der Waals surface area contributed by atoms with Crippen LogP contribution in [0.4, 0.5) is 10.8 Å². The van der Waals surface area contributed by atoms with Crippen LogP contribution in [0.1, 0.15) is 24.0 Å². The van der Waals surface area contributed by atoms with Gasteiger partial charge in [0.1, 0.15) is 0 Å². The van der Waals surface area contributed by atoms with Gasteiger partial charge in [0.05, 0.1) is 10.2 Å². The fourth-order valence-electron chi connectivity index (χ4n) is 3.47. The predicted octanol–water partition coefficient (Wildman–Crippen LogP) is 5.42. The Morgan fingerprint density at radius 3 is 2.78 bits per heavy atom. The van der Waals surface area contributed by atoms with Crippen molar-refractivity contribution < 1.29 is 4.79 Å². The van der Waals surface area contributed by atoms with Crippen LogP contribution >= 0.6 is 22.9 Å². The van der Waals surface area contributed by atoms with Gasteiger partial charge in [0, 0.05) is 29.7 Å². The van der Waals surface area contributed by atoms with Gasteiger partial charge in [-0.15, -0.1) is 0 Å². The summed E-state index contributed by atoms with van der Waals surface area (Å²) in [5, 5.41) is 4.78. The van der Waals surface area contributed by atoms with Gasteiger partial charge in [-0.1, -0.05) is 35.1 Å². The predicted molar refractivity (Wildman–Crippen MR) is 114 cm³/mol. The molecule has 3 aromatic rings. The van der Waals surface area contributed by atoms with Crippen LogP contribution in [0, 0.1) is 19.8 Å². The molecule has 140 valence electrons. The lowest BCUT2D eigenvalue weighted by atomic mass is 9.96. The van der Waals surface area contributed by atoms with Crippen molar-refractivity contribution >= 4 is 49.9 Å². The minimum absolute atomic E-state index is 0.0243. The smallest absolute Gasteiger partial charge is 0.227 e. The molecular weight excluding hydrogens is 378 g/mol. The number of piperidine rings is 1. The van der Waals surface area contributed by atoms with Crippen LogP contribution in [0.15, 0.2) is 36.4 Å². The number of aromatic nitrogens is 1. The molecule has 0 atom stereocenters. The van der Waals surface area contributed by atoms with E-state index >= 15 is 0 Å². The van der Waals surface area contributed by atoms with E-state index in [2.05, 4.69) is 35.3 Å². The van der Waals surface area contributed by atoms with Crippen LogP contribution in [0.2, 0.25) is 5.02 Å². The molecule has 4 nitrogen and oxygen atoms in total. The summed E-state index contributed by atoms with van der Waals surface area (Å²) in [4.78, 5) is 19.7. The van der Waals surface area contributed by atoms with Gasteiger partial charge in [0.25, 0.3) is 0 Å². The topological polar surface area (TPSA) is 45.2 Å². The Hall–Kier alpha value is -2.11. The van der Waals surface area contributed by atoms with E-state index in [9.17, 15) is 4.79 Å². The van der Waals surface area contributed by atoms with Crippen molar-refractivity contribution in [3.63, 3.8) is 0 Å². The van der Waals surface area contributed by atoms with Crippen molar-refractivity contribution in [2.45, 2.75) is 26.7 Å². The summed E-state index contributed by atoms with van der Waals surface area (Å²) in [6.45, 7) is 5.73. The molecule has 0 bridgehead atoms. The monoisotopic (exact) mass is 399 g/mol. The van der Waals surface area contributed by atoms with Gasteiger partial charge in [-0.05, 0) is 62.1 Å². The molecule has 0 saturated carbocycles. The maximum absolute atomic E-state index is 12.7. The Balaban J connectivity index is 1.40. The molecule has 1 N–H and O–H groups in total. The Morgan fingerprint density at radius 1 is 1.22 bits per heavy atom. The number of benzene rings is 2. The van der Waals surface area contributed by atoms with Crippen LogP contribution in [0.25, 0.3) is 10.2 Å². The summed E-state index contributed by atoms with van der Waals surface area (Å²) in [5.41, 5.74) is 4.02. The maximum atomic E-state index is 12.7. The molecule has 6 heteroatoms. The Labute approximate surface area is 168 Å². The summed E-state index contributed by atoms with van der Waals surface area (Å²) in [6.07, 6.45) is 1.67. The van der Waals surface area contributed by atoms with Gasteiger partial charge in [0.2, 0.25) is 5.91 Å². The van der Waals surface area contributed by atoms with Crippen LogP contribution in [0.3, 0.4) is 0 Å². The molecule has 27 heavy (non-hydrogen) atoms. The lowest BCUT2D eigenvalue weighted by Crippen LogP contribution is -2.38. The number of fused-ring (bicyclic) bond motifs is 1. The number of hydrogen-bond donors (Lipinski definition) is 1. The second-order valence-corrected chi connectivity index (χ2v) is 8.55. The van der Waals surface area contributed by atoms with Gasteiger partial charge in [-0.25, -0.2) is 4.98 Å². The number of nitrogens with zero attached hydrogens (tertiary/aromatic N) is 2. The van der Waals surface area contributed by atoms with E-state index in [-0.39, 0.29) is 11.8 Å². The Morgan fingerprint density at radius 2 is 2.00 bits per heavy atom. The number of amides is 1. The van der Waals surface area contributed by atoms with E-state index < -0.39 is 0 Å². The quantitative estimate of drug-likeness (QED) is 0.639. The van der Waals surface area contributed by atoms with Crippen molar-refractivity contribution in [1.29, 1.82) is 0 Å². The first-order valence-electron chi connectivity index (χ1n) is 9.19. The third kappa shape index (κ3) is 3.80. The average molecular weight is 400 g/mol. The Bertz CT molecular complexity index is 992. The molecule has 1 aliphatic rings. The molecule has 2 aromatic carbocycles. The van der Waals surface area contributed by atoms with Crippen molar-refractivity contribution in [3.05, 3.63) is 52.5 Å². The van der Waals surface area contributed by atoms with E-state index in [0.29, 0.717) is 5.02 Å². The lowest BCUT2D eigenvalue weighted by Gasteiger charge is -2.31. The van der Waals surface area contributed by atoms with E-state index in [4.69, 9.17) is 16.6 Å². The zero-order chi connectivity index (χ0) is 19.0. The Kier molecular flexibility index (Phi) is 5.06. The summed E-state index contributed by atoms with van der Waals surface area (Å²) in [5.74, 6) is 0.108. The number of carbonyl (C=O) groups is 1. The molecule has 0 aliphatic carbocycles. The zero-order valence-electron chi connectivity index (χ0n) is 15.5. The van der Waals surface area contributed by atoms with Gasteiger partial charge in [0.15, 0.2) is 5.13 Å². The molecule has 4 rings (SSSR count). The number of thiazole rings is 1. The van der Waals surface area contributed by atoms with Crippen molar-refractivity contribution in [2.75, 3.05) is 23.3 Å². The van der Waals surface area contributed by atoms with Crippen LogP contribution in [-0.2, 0) is 4.79 Å². The van der Waals surface area contributed by atoms with Crippen LogP contribution in [0.5, 0.6) is 0 Å². The summed E-state index contributed by atoms with van der Waals surface area (Å²) < 4.78 is 1.22. The number of hydrogen-bond acceptors (Lipinski definition) is 4. The van der Waals surface area contributed by atoms with E-state index in [1.54, 1.807) is 11.3 Å². The van der Waals surface area contributed by atoms with Crippen molar-refractivity contribution in [1.82, 2.24) is 4.98 Å². The molecule has 1 saturated heterocycles. The van der Waals surface area contributed by atoms with E-state index in [0.717, 1.165) is 47.8 Å². The van der Waals surface area contributed by atoms with E-state index in [1.165, 1.54) is 10.3 Å². The van der Waals surface area contributed by atoms with Crippen LogP contribution in [-0.4, -0.2) is 24.0 Å². The molecule has 1 amide bonds. The number of anilines is 2. The molecule has 1 aromatic heterocycles. The van der Waals surface area contributed by atoms with Gasteiger partial charge in [-0.2, -0.15) is 0 Å². The fraction of sp³-hybridized carbons (Fsp3) is 0.333. The van der Waals surface area contributed by atoms with Gasteiger partial charge < -0.3 is 10.2 Å². The first kappa shape index (κ1) is 18.3. The molecule has 2 heterocycles. The first-order valence-corrected chi connectivity index (χ1v) is 10.4. The van der Waals surface area contributed by atoms with Crippen molar-refractivity contribution in [3.8, 4) is 0 Å². The van der Waals surface area contributed by atoms with E-state index in [1.807, 2.05) is 25.1 Å². The number of aryl methyl sites for hydroxylation is 1. The maximum Gasteiger partial charge on any atom is 0.227 e. The summed E-state index contributed by atoms with van der Waals surface area (Å²) in [7, 11) is 0. The lowest BCUT2D eigenvalue weighted by molar-refractivity contribution is -0.120. The molecular formula is C21H22ClN3OS. The van der Waals surface area contributed by atoms with Crippen LogP contribution < -0.4 is 10.2 Å². The van der Waals surface area contributed by atoms with Gasteiger partial charge in [-0.3, -0.25) is 4.79 Å². The minimum atomic E-state index is 0.0243. The number of nitrogens with one attached hydrogen (secondary N) is 1. The second kappa shape index (κ2) is 7.49. The highest BCUT2D eigenvalue weighted by molar-refractivity contribution is 7.22. The van der Waals surface area contributed by atoms with Gasteiger partial charge >= 0.3 is 0 Å². The number of halogens is 1. The van der Waals surface area contributed by atoms with Crippen molar-refractivity contribution in [2.24, 2.45) is 5.92 Å². The minimum Gasteiger partial charge on any atom is -0.348 e. The highest BCUT2D eigenvalue weighted by Gasteiger charge is 2.27. The average Bonchev–Trinajstić information content (AvgIpc) is 3.08. The molecule has 0 spiro atoms. The standard InChI is InChI=1S/C21H22ClN3OS/c1-13-6-7-18-19(12-13)27-21(24-18)25-10-8-15(9-11-25)20(26)23-17-5-3-4-16(22)14(17)2/h3-7,12,15H,8-11H2,1-2H3,(H,23,26). The molecule has 0 radical (unpaired) electrons. The summed E-state index contributed by atoms with van der Waals surface area (Å²) in [6, 6.07) is 12.0. The third-order valence-corrected chi connectivity index (χ3v) is 6.68. The summed E-state index contributed by atoms with van der Waals surface area (Å²) >= 11 is 7.88. The zero-order valence-corrected chi connectivity index (χ0v) is 17.0. The largest absolute Gasteiger partial charge is 0.348 e. The first-order chi connectivity index (χ1) is 13.0. The second-order valence-electron chi connectivity index (χ2n) is 7.13.